The maximum Gasteiger partial charge on any atom is 0.139 e. The summed E-state index contributed by atoms with van der Waals surface area (Å²) in [5.74, 6) is 0. The summed E-state index contributed by atoms with van der Waals surface area (Å²) in [5, 5.41) is 4.15. The fourth-order valence-electron chi connectivity index (χ4n) is 0.902. The van der Waals surface area contributed by atoms with Crippen molar-refractivity contribution < 1.29 is 4.74 Å². The van der Waals surface area contributed by atoms with Crippen LogP contribution in [0.5, 0.6) is 0 Å². The molecule has 0 aliphatic rings. The van der Waals surface area contributed by atoms with Crippen LogP contribution in [0.15, 0.2) is 6.20 Å². The van der Waals surface area contributed by atoms with Crippen LogP contribution in [0.2, 0.25) is 0 Å². The van der Waals surface area contributed by atoms with Crippen LogP contribution < -0.4 is 5.73 Å². The minimum Gasteiger partial charge on any atom is -0.396 e. The van der Waals surface area contributed by atoms with Crippen LogP contribution in [0, 0.1) is 6.92 Å². The summed E-state index contributed by atoms with van der Waals surface area (Å²) in [4.78, 5) is 0. The molecule has 0 unspecified atom stereocenters. The van der Waals surface area contributed by atoms with E-state index < -0.39 is 0 Å². The Balaban J connectivity index is 2.42. The van der Waals surface area contributed by atoms with Crippen molar-refractivity contribution in [3.05, 3.63) is 11.9 Å². The predicted molar refractivity (Wildman–Crippen MR) is 47.6 cm³/mol. The second kappa shape index (κ2) is 4.11. The molecule has 0 bridgehead atoms. The summed E-state index contributed by atoms with van der Waals surface area (Å²) in [6.07, 6.45) is 2.81. The van der Waals surface area contributed by atoms with E-state index in [9.17, 15) is 0 Å². The van der Waals surface area contributed by atoms with Gasteiger partial charge in [-0.1, -0.05) is 6.92 Å². The molecule has 1 heterocycles. The first-order valence-electron chi connectivity index (χ1n) is 4.11. The first-order valence-corrected chi connectivity index (χ1v) is 4.11. The van der Waals surface area contributed by atoms with E-state index in [-0.39, 0.29) is 0 Å². The van der Waals surface area contributed by atoms with Gasteiger partial charge in [-0.25, -0.2) is 4.68 Å². The van der Waals surface area contributed by atoms with Gasteiger partial charge in [-0.3, -0.25) is 0 Å². The van der Waals surface area contributed by atoms with E-state index in [0.29, 0.717) is 6.73 Å². The third kappa shape index (κ3) is 2.23. The molecule has 1 aromatic heterocycles. The smallest absolute Gasteiger partial charge is 0.139 e. The van der Waals surface area contributed by atoms with Crippen molar-refractivity contribution in [2.24, 2.45) is 0 Å². The molecular weight excluding hydrogens is 154 g/mol. The van der Waals surface area contributed by atoms with Crippen molar-refractivity contribution in [2.75, 3.05) is 12.3 Å². The van der Waals surface area contributed by atoms with Crippen LogP contribution in [0.3, 0.4) is 0 Å². The SMILES string of the molecule is CCCOCn1cc(N)c(C)n1. The molecule has 12 heavy (non-hydrogen) atoms. The topological polar surface area (TPSA) is 53.1 Å². The van der Waals surface area contributed by atoms with Crippen molar-refractivity contribution in [1.82, 2.24) is 9.78 Å². The number of aryl methyl sites for hydroxylation is 1. The van der Waals surface area contributed by atoms with Gasteiger partial charge in [0.1, 0.15) is 6.73 Å². The number of anilines is 1. The van der Waals surface area contributed by atoms with Crippen LogP contribution in [0.1, 0.15) is 19.0 Å². The molecule has 1 aromatic rings. The van der Waals surface area contributed by atoms with Crippen molar-refractivity contribution in [2.45, 2.75) is 27.0 Å². The summed E-state index contributed by atoms with van der Waals surface area (Å²) < 4.78 is 6.99. The average Bonchev–Trinajstić information content (AvgIpc) is 2.32. The molecule has 4 nitrogen and oxygen atoms in total. The highest BCUT2D eigenvalue weighted by molar-refractivity contribution is 5.39. The zero-order valence-electron chi connectivity index (χ0n) is 7.58. The number of rotatable bonds is 4. The monoisotopic (exact) mass is 169 g/mol. The zero-order chi connectivity index (χ0) is 8.97. The van der Waals surface area contributed by atoms with E-state index in [1.54, 1.807) is 10.9 Å². The van der Waals surface area contributed by atoms with Gasteiger partial charge in [0.25, 0.3) is 0 Å². The van der Waals surface area contributed by atoms with Crippen LogP contribution >= 0.6 is 0 Å². The number of nitrogens with two attached hydrogens (primary N) is 1. The lowest BCUT2D eigenvalue weighted by Crippen LogP contribution is -2.03. The van der Waals surface area contributed by atoms with Crippen LogP contribution in [0.4, 0.5) is 5.69 Å². The molecule has 2 N–H and O–H groups in total. The quantitative estimate of drug-likeness (QED) is 0.688. The number of aromatic nitrogens is 2. The molecular formula is C8H15N3O. The van der Waals surface area contributed by atoms with E-state index in [1.165, 1.54) is 0 Å². The molecule has 1 rings (SSSR count). The Hall–Kier alpha value is -1.03. The van der Waals surface area contributed by atoms with E-state index in [4.69, 9.17) is 10.5 Å². The molecule has 0 aliphatic heterocycles. The van der Waals surface area contributed by atoms with Gasteiger partial charge < -0.3 is 10.5 Å². The normalized spacial score (nSPS) is 10.5. The average molecular weight is 169 g/mol. The van der Waals surface area contributed by atoms with E-state index >= 15 is 0 Å². The van der Waals surface area contributed by atoms with Crippen LogP contribution in [-0.4, -0.2) is 16.4 Å². The predicted octanol–water partition coefficient (Wildman–Crippen LogP) is 1.16. The van der Waals surface area contributed by atoms with E-state index in [1.807, 2.05) is 6.92 Å². The Morgan fingerprint density at radius 1 is 1.67 bits per heavy atom. The van der Waals surface area contributed by atoms with Crippen molar-refractivity contribution in [3.8, 4) is 0 Å². The van der Waals surface area contributed by atoms with Gasteiger partial charge in [-0.15, -0.1) is 0 Å². The molecule has 0 aromatic carbocycles. The number of hydrogen-bond acceptors (Lipinski definition) is 3. The Morgan fingerprint density at radius 3 is 2.92 bits per heavy atom. The maximum absolute atomic E-state index is 5.61. The van der Waals surface area contributed by atoms with Crippen LogP contribution in [-0.2, 0) is 11.5 Å². The van der Waals surface area contributed by atoms with Gasteiger partial charge in [-0.2, -0.15) is 5.10 Å². The highest BCUT2D eigenvalue weighted by atomic mass is 16.5. The second-order valence-electron chi connectivity index (χ2n) is 2.75. The van der Waals surface area contributed by atoms with E-state index in [2.05, 4.69) is 12.0 Å². The Bertz CT molecular complexity index is 225. The minimum absolute atomic E-state index is 0.492. The molecule has 0 fully saturated rings. The molecule has 0 saturated heterocycles. The maximum atomic E-state index is 5.61. The van der Waals surface area contributed by atoms with Crippen molar-refractivity contribution in [3.63, 3.8) is 0 Å². The van der Waals surface area contributed by atoms with Crippen molar-refractivity contribution >= 4 is 5.69 Å². The standard InChI is InChI=1S/C8H15N3O/c1-3-4-12-6-11-5-8(9)7(2)10-11/h5H,3-4,6,9H2,1-2H3. The van der Waals surface area contributed by atoms with Gasteiger partial charge in [-0.05, 0) is 13.3 Å². The molecule has 0 amide bonds. The molecule has 0 spiro atoms. The number of nitrogen functional groups attached to an aromatic ring is 1. The second-order valence-corrected chi connectivity index (χ2v) is 2.75. The lowest BCUT2D eigenvalue weighted by molar-refractivity contribution is 0.0692. The summed E-state index contributed by atoms with van der Waals surface area (Å²) in [6.45, 7) is 5.21. The Morgan fingerprint density at radius 2 is 2.42 bits per heavy atom. The highest BCUT2D eigenvalue weighted by Crippen LogP contribution is 2.06. The summed E-state index contributed by atoms with van der Waals surface area (Å²) in [6, 6.07) is 0. The van der Waals surface area contributed by atoms with Gasteiger partial charge in [0.2, 0.25) is 0 Å². The lowest BCUT2D eigenvalue weighted by Gasteiger charge is -2.00. The van der Waals surface area contributed by atoms with Gasteiger partial charge in [0.05, 0.1) is 17.6 Å². The first-order chi connectivity index (χ1) is 5.74. The number of nitrogens with zero attached hydrogens (tertiary/aromatic N) is 2. The summed E-state index contributed by atoms with van der Waals surface area (Å²) in [5.41, 5.74) is 7.18. The van der Waals surface area contributed by atoms with E-state index in [0.717, 1.165) is 24.4 Å². The minimum atomic E-state index is 0.492. The van der Waals surface area contributed by atoms with Crippen molar-refractivity contribution in [1.29, 1.82) is 0 Å². The summed E-state index contributed by atoms with van der Waals surface area (Å²) >= 11 is 0. The summed E-state index contributed by atoms with van der Waals surface area (Å²) in [7, 11) is 0. The van der Waals surface area contributed by atoms with Gasteiger partial charge >= 0.3 is 0 Å². The number of ether oxygens (including phenoxy) is 1. The van der Waals surface area contributed by atoms with Gasteiger partial charge in [0, 0.05) is 6.61 Å². The Kier molecular flexibility index (Phi) is 3.10. The number of hydrogen-bond donors (Lipinski definition) is 1. The molecule has 0 aliphatic carbocycles. The molecule has 0 radical (unpaired) electrons. The molecule has 0 atom stereocenters. The third-order valence-electron chi connectivity index (χ3n) is 1.56. The third-order valence-corrected chi connectivity index (χ3v) is 1.56. The zero-order valence-corrected chi connectivity index (χ0v) is 7.58. The fourth-order valence-corrected chi connectivity index (χ4v) is 0.902. The van der Waals surface area contributed by atoms with Gasteiger partial charge in [0.15, 0.2) is 0 Å². The largest absolute Gasteiger partial charge is 0.396 e. The lowest BCUT2D eigenvalue weighted by atomic mass is 10.4. The highest BCUT2D eigenvalue weighted by Gasteiger charge is 1.98. The first kappa shape index (κ1) is 9.06. The fraction of sp³-hybridized carbons (Fsp3) is 0.625. The molecule has 0 saturated carbocycles. The Labute approximate surface area is 72.3 Å². The molecule has 4 heteroatoms. The van der Waals surface area contributed by atoms with Crippen LogP contribution in [0.25, 0.3) is 0 Å². The molecule has 68 valence electrons.